The fraction of sp³-hybridized carbons (Fsp3) is 0.286. The van der Waals surface area contributed by atoms with Crippen LogP contribution in [0.3, 0.4) is 0 Å². The molecule has 0 aliphatic carbocycles. The summed E-state index contributed by atoms with van der Waals surface area (Å²) in [5, 5.41) is 0.744. The van der Waals surface area contributed by atoms with E-state index in [2.05, 4.69) is 18.8 Å². The number of aryl methyl sites for hydroxylation is 1. The Hall–Kier alpha value is -3.78. The Morgan fingerprint density at radius 1 is 1.17 bits per heavy atom. The first-order chi connectivity index (χ1) is 17.3. The van der Waals surface area contributed by atoms with Crippen molar-refractivity contribution in [3.05, 3.63) is 86.2 Å². The zero-order valence-corrected chi connectivity index (χ0v) is 21.3. The molecular formula is C28H26N2O5S. The molecule has 5 rings (SSSR count). The van der Waals surface area contributed by atoms with Crippen LogP contribution in [-0.4, -0.2) is 23.3 Å². The first kappa shape index (κ1) is 23.9. The molecule has 3 heterocycles. The lowest BCUT2D eigenvalue weighted by molar-refractivity contribution is 0.0969. The number of para-hydroxylation sites is 1. The van der Waals surface area contributed by atoms with E-state index < -0.39 is 11.9 Å². The molecule has 8 heteroatoms. The molecule has 0 bridgehead atoms. The van der Waals surface area contributed by atoms with Crippen molar-refractivity contribution in [2.45, 2.75) is 40.2 Å². The summed E-state index contributed by atoms with van der Waals surface area (Å²) in [4.78, 5) is 46.1. The van der Waals surface area contributed by atoms with E-state index in [1.54, 1.807) is 31.2 Å². The van der Waals surface area contributed by atoms with Gasteiger partial charge in [0.25, 0.3) is 5.91 Å². The highest BCUT2D eigenvalue weighted by atomic mass is 32.1. The molecule has 36 heavy (non-hydrogen) atoms. The highest BCUT2D eigenvalue weighted by molar-refractivity contribution is 7.17. The molecule has 1 atom stereocenters. The standard InChI is InChI=1S/C28H26N2O5S/c1-15(2)12-13-34-19-9-7-8-18(14-19)23-22-24(32)20-10-5-6-11-21(20)35-25(22)27(33)30(23)28-29-16(3)26(36-28)17(4)31/h5-11,14-15,23H,12-13H2,1-4H3. The molecule has 4 aromatic rings. The Labute approximate surface area is 212 Å². The van der Waals surface area contributed by atoms with Gasteiger partial charge in [-0.25, -0.2) is 4.98 Å². The number of carbonyl (C=O) groups is 2. The molecule has 0 N–H and O–H groups in total. The van der Waals surface area contributed by atoms with Gasteiger partial charge in [-0.3, -0.25) is 19.3 Å². The van der Waals surface area contributed by atoms with Gasteiger partial charge in [0.05, 0.1) is 34.2 Å². The SMILES string of the molecule is CC(=O)c1sc(N2C(=O)c3oc4ccccc4c(=O)c3C2c2cccc(OCCC(C)C)c2)nc1C. The highest BCUT2D eigenvalue weighted by Gasteiger charge is 2.45. The van der Waals surface area contributed by atoms with E-state index in [1.807, 2.05) is 24.3 Å². The van der Waals surface area contributed by atoms with Crippen molar-refractivity contribution in [3.8, 4) is 5.75 Å². The number of amides is 1. The second kappa shape index (κ2) is 9.35. The number of benzene rings is 2. The minimum Gasteiger partial charge on any atom is -0.494 e. The van der Waals surface area contributed by atoms with Gasteiger partial charge in [0, 0.05) is 6.92 Å². The Balaban J connectivity index is 1.68. The van der Waals surface area contributed by atoms with Crippen molar-refractivity contribution < 1.29 is 18.7 Å². The first-order valence-electron chi connectivity index (χ1n) is 11.9. The smallest absolute Gasteiger partial charge is 0.297 e. The predicted octanol–water partition coefficient (Wildman–Crippen LogP) is 5.94. The molecule has 184 valence electrons. The lowest BCUT2D eigenvalue weighted by Gasteiger charge is -2.23. The third-order valence-electron chi connectivity index (χ3n) is 6.23. The van der Waals surface area contributed by atoms with Crippen molar-refractivity contribution in [2.24, 2.45) is 5.92 Å². The van der Waals surface area contributed by atoms with Gasteiger partial charge in [-0.2, -0.15) is 0 Å². The molecule has 2 aromatic heterocycles. The fourth-order valence-electron chi connectivity index (χ4n) is 4.43. The van der Waals surface area contributed by atoms with Crippen LogP contribution in [0.15, 0.2) is 57.7 Å². The number of anilines is 1. The lowest BCUT2D eigenvalue weighted by atomic mass is 9.98. The van der Waals surface area contributed by atoms with Gasteiger partial charge in [0.15, 0.2) is 16.3 Å². The van der Waals surface area contributed by atoms with Crippen molar-refractivity contribution in [1.82, 2.24) is 4.98 Å². The quantitative estimate of drug-likeness (QED) is 0.291. The number of Topliss-reactive ketones (excluding diaryl/α,β-unsaturated/α-hetero) is 1. The Kier molecular flexibility index (Phi) is 6.22. The van der Waals surface area contributed by atoms with Crippen LogP contribution in [0, 0.1) is 12.8 Å². The fourth-order valence-corrected chi connectivity index (χ4v) is 5.42. The van der Waals surface area contributed by atoms with Gasteiger partial charge >= 0.3 is 0 Å². The summed E-state index contributed by atoms with van der Waals surface area (Å²) in [5.41, 5.74) is 1.58. The number of hydrogen-bond donors (Lipinski definition) is 0. The minimum absolute atomic E-state index is 0.00735. The second-order valence-corrected chi connectivity index (χ2v) is 10.3. The van der Waals surface area contributed by atoms with Crippen LogP contribution < -0.4 is 15.1 Å². The van der Waals surface area contributed by atoms with E-state index >= 15 is 0 Å². The number of aromatic nitrogens is 1. The zero-order chi connectivity index (χ0) is 25.6. The number of ether oxygens (including phenoxy) is 1. The van der Waals surface area contributed by atoms with Gasteiger partial charge in [-0.05, 0) is 49.1 Å². The average molecular weight is 503 g/mol. The number of nitrogens with zero attached hydrogens (tertiary/aromatic N) is 2. The molecular weight excluding hydrogens is 476 g/mol. The molecule has 1 aliphatic heterocycles. The largest absolute Gasteiger partial charge is 0.494 e. The number of hydrogen-bond acceptors (Lipinski definition) is 7. The van der Waals surface area contributed by atoms with Crippen LogP contribution in [0.4, 0.5) is 5.13 Å². The number of rotatable bonds is 7. The van der Waals surface area contributed by atoms with Crippen LogP contribution in [0.5, 0.6) is 5.75 Å². The Morgan fingerprint density at radius 3 is 2.67 bits per heavy atom. The van der Waals surface area contributed by atoms with E-state index in [0.29, 0.717) is 50.5 Å². The third kappa shape index (κ3) is 4.11. The lowest BCUT2D eigenvalue weighted by Crippen LogP contribution is -2.29. The van der Waals surface area contributed by atoms with Crippen molar-refractivity contribution in [3.63, 3.8) is 0 Å². The van der Waals surface area contributed by atoms with Gasteiger partial charge in [0.1, 0.15) is 11.3 Å². The van der Waals surface area contributed by atoms with Gasteiger partial charge in [-0.15, -0.1) is 0 Å². The van der Waals surface area contributed by atoms with E-state index in [-0.39, 0.29) is 22.5 Å². The molecule has 0 saturated heterocycles. The summed E-state index contributed by atoms with van der Waals surface area (Å²) in [7, 11) is 0. The van der Waals surface area contributed by atoms with Crippen LogP contribution in [0.2, 0.25) is 0 Å². The van der Waals surface area contributed by atoms with Gasteiger partial charge < -0.3 is 9.15 Å². The van der Waals surface area contributed by atoms with Crippen molar-refractivity contribution in [2.75, 3.05) is 11.5 Å². The average Bonchev–Trinajstić information content (AvgIpc) is 3.37. The van der Waals surface area contributed by atoms with Gasteiger partial charge in [0.2, 0.25) is 5.76 Å². The maximum absolute atomic E-state index is 13.7. The summed E-state index contributed by atoms with van der Waals surface area (Å²) in [6, 6.07) is 13.5. The van der Waals surface area contributed by atoms with E-state index in [0.717, 1.165) is 17.8 Å². The number of fused-ring (bicyclic) bond motifs is 2. The van der Waals surface area contributed by atoms with Crippen LogP contribution in [0.25, 0.3) is 11.0 Å². The molecule has 0 spiro atoms. The van der Waals surface area contributed by atoms with E-state index in [1.165, 1.54) is 11.8 Å². The topological polar surface area (TPSA) is 89.7 Å². The van der Waals surface area contributed by atoms with Crippen LogP contribution >= 0.6 is 11.3 Å². The maximum Gasteiger partial charge on any atom is 0.297 e. The van der Waals surface area contributed by atoms with Crippen molar-refractivity contribution >= 4 is 39.1 Å². The predicted molar refractivity (Wildman–Crippen MR) is 139 cm³/mol. The Bertz CT molecular complexity index is 1550. The summed E-state index contributed by atoms with van der Waals surface area (Å²) in [5.74, 6) is 0.556. The normalized spacial score (nSPS) is 15.1. The molecule has 1 amide bonds. The molecule has 0 fully saturated rings. The Morgan fingerprint density at radius 2 is 1.94 bits per heavy atom. The van der Waals surface area contributed by atoms with Gasteiger partial charge in [-0.1, -0.05) is 49.4 Å². The summed E-state index contributed by atoms with van der Waals surface area (Å²) >= 11 is 1.14. The van der Waals surface area contributed by atoms with Crippen LogP contribution in [0.1, 0.15) is 70.3 Å². The second-order valence-electron chi connectivity index (χ2n) is 9.32. The monoisotopic (exact) mass is 502 g/mol. The van der Waals surface area contributed by atoms with E-state index in [9.17, 15) is 14.4 Å². The molecule has 0 saturated carbocycles. The number of thiazole rings is 1. The molecule has 0 radical (unpaired) electrons. The number of ketones is 1. The molecule has 7 nitrogen and oxygen atoms in total. The highest BCUT2D eigenvalue weighted by Crippen LogP contribution is 2.43. The van der Waals surface area contributed by atoms with Crippen molar-refractivity contribution in [1.29, 1.82) is 0 Å². The zero-order valence-electron chi connectivity index (χ0n) is 20.5. The van der Waals surface area contributed by atoms with E-state index in [4.69, 9.17) is 9.15 Å². The molecule has 1 aliphatic rings. The first-order valence-corrected chi connectivity index (χ1v) is 12.7. The molecule has 2 aromatic carbocycles. The summed E-state index contributed by atoms with van der Waals surface area (Å²) in [6.07, 6.45) is 0.906. The summed E-state index contributed by atoms with van der Waals surface area (Å²) in [6.45, 7) is 8.03. The third-order valence-corrected chi connectivity index (χ3v) is 7.48. The summed E-state index contributed by atoms with van der Waals surface area (Å²) < 4.78 is 12.0. The number of carbonyl (C=O) groups excluding carboxylic acids is 2. The molecule has 1 unspecified atom stereocenters. The maximum atomic E-state index is 13.7. The van der Waals surface area contributed by atoms with Crippen LogP contribution in [-0.2, 0) is 0 Å². The minimum atomic E-state index is -0.771.